The van der Waals surface area contributed by atoms with E-state index in [9.17, 15) is 12.8 Å². The van der Waals surface area contributed by atoms with E-state index in [2.05, 4.69) is 9.32 Å². The highest BCUT2D eigenvalue weighted by Gasteiger charge is 2.04. The Labute approximate surface area is 94.5 Å². The molecule has 0 atom stereocenters. The van der Waals surface area contributed by atoms with Crippen molar-refractivity contribution < 1.29 is 17.0 Å². The van der Waals surface area contributed by atoms with E-state index in [1.54, 1.807) is 19.1 Å². The number of nitrogens with two attached hydrogens (primary N) is 1. The second-order valence-electron chi connectivity index (χ2n) is 3.51. The molecule has 0 unspecified atom stereocenters. The van der Waals surface area contributed by atoms with Gasteiger partial charge < -0.3 is 0 Å². The third-order valence-corrected chi connectivity index (χ3v) is 2.54. The van der Waals surface area contributed by atoms with Gasteiger partial charge in [0.25, 0.3) is 0 Å². The Hall–Kier alpha value is -0.980. The van der Waals surface area contributed by atoms with E-state index in [0.717, 1.165) is 5.56 Å². The molecule has 0 saturated carbocycles. The average Bonchev–Trinajstić information content (AvgIpc) is 2.13. The van der Waals surface area contributed by atoms with Gasteiger partial charge in [0.05, 0.1) is 6.61 Å². The molecule has 0 aliphatic heterocycles. The fourth-order valence-electron chi connectivity index (χ4n) is 1.29. The van der Waals surface area contributed by atoms with Crippen molar-refractivity contribution in [2.75, 3.05) is 6.61 Å². The van der Waals surface area contributed by atoms with Gasteiger partial charge in [-0.1, -0.05) is 12.1 Å². The lowest BCUT2D eigenvalue weighted by Gasteiger charge is -2.04. The van der Waals surface area contributed by atoms with Gasteiger partial charge in [-0.15, -0.1) is 0 Å². The van der Waals surface area contributed by atoms with Crippen LogP contribution < -0.4 is 5.14 Å². The van der Waals surface area contributed by atoms with Gasteiger partial charge in [0.2, 0.25) is 0 Å². The SMILES string of the molecule is Cc1ccc(CCCOS(N)(=O)=O)c(F)c1. The molecule has 0 aliphatic carbocycles. The van der Waals surface area contributed by atoms with E-state index >= 15 is 0 Å². The normalized spacial score (nSPS) is 11.7. The van der Waals surface area contributed by atoms with Crippen molar-refractivity contribution in [2.24, 2.45) is 5.14 Å². The third-order valence-electron chi connectivity index (χ3n) is 2.05. The molecule has 0 radical (unpaired) electrons. The molecule has 4 nitrogen and oxygen atoms in total. The Morgan fingerprint density at radius 1 is 1.44 bits per heavy atom. The first kappa shape index (κ1) is 13.1. The van der Waals surface area contributed by atoms with Crippen LogP contribution in [0.4, 0.5) is 4.39 Å². The summed E-state index contributed by atoms with van der Waals surface area (Å²) >= 11 is 0. The first-order chi connectivity index (χ1) is 7.38. The first-order valence-electron chi connectivity index (χ1n) is 4.80. The highest BCUT2D eigenvalue weighted by molar-refractivity contribution is 7.84. The average molecular weight is 247 g/mol. The molecule has 0 spiro atoms. The smallest absolute Gasteiger partial charge is 0.258 e. The quantitative estimate of drug-likeness (QED) is 0.797. The van der Waals surface area contributed by atoms with Gasteiger partial charge in [-0.3, -0.25) is 4.18 Å². The van der Waals surface area contributed by atoms with Crippen LogP contribution in [-0.2, 0) is 20.9 Å². The van der Waals surface area contributed by atoms with Crippen LogP contribution in [-0.4, -0.2) is 15.0 Å². The van der Waals surface area contributed by atoms with Crippen LogP contribution in [0.2, 0.25) is 0 Å². The summed E-state index contributed by atoms with van der Waals surface area (Å²) in [6.45, 7) is 1.77. The fraction of sp³-hybridized carbons (Fsp3) is 0.400. The molecular weight excluding hydrogens is 233 g/mol. The molecule has 1 aromatic carbocycles. The van der Waals surface area contributed by atoms with Gasteiger partial charge in [-0.25, -0.2) is 9.53 Å². The Kier molecular flexibility index (Phi) is 4.40. The highest BCUT2D eigenvalue weighted by atomic mass is 32.2. The Morgan fingerprint density at radius 2 is 2.12 bits per heavy atom. The molecule has 16 heavy (non-hydrogen) atoms. The lowest BCUT2D eigenvalue weighted by Crippen LogP contribution is -2.16. The number of rotatable bonds is 5. The van der Waals surface area contributed by atoms with E-state index in [-0.39, 0.29) is 12.4 Å². The maximum absolute atomic E-state index is 13.3. The van der Waals surface area contributed by atoms with Gasteiger partial charge in [0.15, 0.2) is 0 Å². The number of hydrogen-bond acceptors (Lipinski definition) is 3. The van der Waals surface area contributed by atoms with Crippen molar-refractivity contribution >= 4 is 10.3 Å². The van der Waals surface area contributed by atoms with E-state index in [1.807, 2.05) is 0 Å². The number of halogens is 1. The van der Waals surface area contributed by atoms with Crippen LogP contribution >= 0.6 is 0 Å². The molecule has 0 aliphatic rings. The topological polar surface area (TPSA) is 69.4 Å². The second-order valence-corrected chi connectivity index (χ2v) is 4.73. The molecule has 0 bridgehead atoms. The monoisotopic (exact) mass is 247 g/mol. The van der Waals surface area contributed by atoms with Crippen molar-refractivity contribution in [3.05, 3.63) is 35.1 Å². The Bertz CT molecular complexity index is 459. The van der Waals surface area contributed by atoms with E-state index in [1.165, 1.54) is 6.07 Å². The summed E-state index contributed by atoms with van der Waals surface area (Å²) in [5, 5.41) is 4.64. The Balaban J connectivity index is 2.43. The minimum atomic E-state index is -3.89. The summed E-state index contributed by atoms with van der Waals surface area (Å²) in [6.07, 6.45) is 0.818. The minimum absolute atomic E-state index is 0.0356. The molecule has 2 N–H and O–H groups in total. The van der Waals surface area contributed by atoms with Gasteiger partial charge in [-0.05, 0) is 37.0 Å². The van der Waals surface area contributed by atoms with Crippen LogP contribution in [0.15, 0.2) is 18.2 Å². The zero-order chi connectivity index (χ0) is 12.2. The van der Waals surface area contributed by atoms with Crippen LogP contribution in [0.3, 0.4) is 0 Å². The zero-order valence-electron chi connectivity index (χ0n) is 8.94. The molecular formula is C10H14FNO3S. The van der Waals surface area contributed by atoms with Crippen LogP contribution in [0.5, 0.6) is 0 Å². The predicted molar refractivity (Wildman–Crippen MR) is 58.5 cm³/mol. The summed E-state index contributed by atoms with van der Waals surface area (Å²) in [5.41, 5.74) is 1.39. The van der Waals surface area contributed by atoms with Crippen molar-refractivity contribution in [1.82, 2.24) is 0 Å². The third kappa shape index (κ3) is 4.69. The molecule has 0 fully saturated rings. The van der Waals surface area contributed by atoms with Gasteiger partial charge in [0, 0.05) is 0 Å². The number of hydrogen-bond donors (Lipinski definition) is 1. The number of benzene rings is 1. The zero-order valence-corrected chi connectivity index (χ0v) is 9.76. The highest BCUT2D eigenvalue weighted by Crippen LogP contribution is 2.11. The lowest BCUT2D eigenvalue weighted by molar-refractivity contribution is 0.312. The Morgan fingerprint density at radius 3 is 2.69 bits per heavy atom. The standard InChI is InChI=1S/C10H14FNO3S/c1-8-4-5-9(10(11)7-8)3-2-6-15-16(12,13)14/h4-5,7H,2-3,6H2,1H3,(H2,12,13,14). The van der Waals surface area contributed by atoms with Crippen LogP contribution in [0, 0.1) is 12.7 Å². The van der Waals surface area contributed by atoms with Crippen molar-refractivity contribution in [2.45, 2.75) is 19.8 Å². The van der Waals surface area contributed by atoms with Crippen LogP contribution in [0.1, 0.15) is 17.5 Å². The summed E-state index contributed by atoms with van der Waals surface area (Å²) in [5.74, 6) is -0.282. The summed E-state index contributed by atoms with van der Waals surface area (Å²) in [7, 11) is -3.89. The number of aryl methyl sites for hydroxylation is 2. The summed E-state index contributed by atoms with van der Waals surface area (Å²) in [4.78, 5) is 0. The van der Waals surface area contributed by atoms with Crippen LogP contribution in [0.25, 0.3) is 0 Å². The maximum Gasteiger partial charge on any atom is 0.333 e. The van der Waals surface area contributed by atoms with E-state index < -0.39 is 10.3 Å². The predicted octanol–water partition coefficient (Wildman–Crippen LogP) is 1.29. The summed E-state index contributed by atoms with van der Waals surface area (Å²) < 4.78 is 38.5. The van der Waals surface area contributed by atoms with E-state index in [0.29, 0.717) is 18.4 Å². The largest absolute Gasteiger partial charge is 0.333 e. The molecule has 90 valence electrons. The second kappa shape index (κ2) is 5.38. The lowest BCUT2D eigenvalue weighted by atomic mass is 10.1. The molecule has 1 aromatic rings. The van der Waals surface area contributed by atoms with Gasteiger partial charge in [-0.2, -0.15) is 8.42 Å². The van der Waals surface area contributed by atoms with E-state index in [4.69, 9.17) is 0 Å². The minimum Gasteiger partial charge on any atom is -0.258 e. The molecule has 0 saturated heterocycles. The molecule has 0 amide bonds. The van der Waals surface area contributed by atoms with Gasteiger partial charge in [0.1, 0.15) is 5.82 Å². The fourth-order valence-corrected chi connectivity index (χ4v) is 1.64. The molecule has 0 aromatic heterocycles. The maximum atomic E-state index is 13.3. The summed E-state index contributed by atoms with van der Waals surface area (Å²) in [6, 6.07) is 4.93. The van der Waals surface area contributed by atoms with Crippen molar-refractivity contribution in [3.63, 3.8) is 0 Å². The van der Waals surface area contributed by atoms with Crippen molar-refractivity contribution in [1.29, 1.82) is 0 Å². The molecule has 1 rings (SSSR count). The van der Waals surface area contributed by atoms with Gasteiger partial charge >= 0.3 is 10.3 Å². The molecule has 6 heteroatoms. The molecule has 0 heterocycles. The first-order valence-corrected chi connectivity index (χ1v) is 6.28. The van der Waals surface area contributed by atoms with Crippen molar-refractivity contribution in [3.8, 4) is 0 Å².